The molecule has 0 aromatic heterocycles. The van der Waals surface area contributed by atoms with Gasteiger partial charge < -0.3 is 15.0 Å². The first-order chi connectivity index (χ1) is 14.3. The van der Waals surface area contributed by atoms with Crippen LogP contribution in [0.4, 0.5) is 0 Å². The van der Waals surface area contributed by atoms with Crippen LogP contribution in [0, 0.1) is 6.92 Å². The third-order valence-electron chi connectivity index (χ3n) is 5.14. The Labute approximate surface area is 187 Å². The highest BCUT2D eigenvalue weighted by atomic mass is 79.9. The van der Waals surface area contributed by atoms with E-state index in [4.69, 9.17) is 4.74 Å². The van der Waals surface area contributed by atoms with Crippen molar-refractivity contribution < 1.29 is 14.3 Å². The van der Waals surface area contributed by atoms with E-state index in [9.17, 15) is 9.59 Å². The number of rotatable bonds is 10. The molecule has 0 aliphatic heterocycles. The summed E-state index contributed by atoms with van der Waals surface area (Å²) in [6.45, 7) is 8.04. The molecule has 2 amide bonds. The molecule has 0 radical (unpaired) electrons. The minimum absolute atomic E-state index is 0.0630. The molecule has 0 heterocycles. The van der Waals surface area contributed by atoms with Crippen LogP contribution in [0.5, 0.6) is 5.75 Å². The van der Waals surface area contributed by atoms with E-state index in [-0.39, 0.29) is 24.5 Å². The summed E-state index contributed by atoms with van der Waals surface area (Å²) in [5.74, 6) is 0.271. The van der Waals surface area contributed by atoms with Crippen molar-refractivity contribution in [3.63, 3.8) is 0 Å². The number of carbonyl (C=O) groups is 2. The third-order valence-corrected chi connectivity index (χ3v) is 6.03. The first kappa shape index (κ1) is 23.9. The van der Waals surface area contributed by atoms with Crippen molar-refractivity contribution in [3.8, 4) is 5.75 Å². The molecule has 6 heteroatoms. The van der Waals surface area contributed by atoms with E-state index in [0.29, 0.717) is 18.7 Å². The number of nitrogens with zero attached hydrogens (tertiary/aromatic N) is 1. The Hall–Kier alpha value is -2.34. The molecule has 0 aliphatic carbocycles. The van der Waals surface area contributed by atoms with Crippen LogP contribution in [0.15, 0.2) is 53.0 Å². The van der Waals surface area contributed by atoms with Crippen molar-refractivity contribution in [2.75, 3.05) is 13.2 Å². The zero-order valence-corrected chi connectivity index (χ0v) is 19.7. The van der Waals surface area contributed by atoms with Crippen LogP contribution >= 0.6 is 15.9 Å². The molecule has 2 atom stereocenters. The molecule has 2 aromatic rings. The summed E-state index contributed by atoms with van der Waals surface area (Å²) in [6, 6.07) is 15.0. The van der Waals surface area contributed by atoms with Crippen LogP contribution in [-0.2, 0) is 16.0 Å². The molecule has 0 aliphatic rings. The predicted molar refractivity (Wildman–Crippen MR) is 124 cm³/mol. The van der Waals surface area contributed by atoms with Crippen molar-refractivity contribution in [2.24, 2.45) is 0 Å². The molecule has 0 saturated heterocycles. The van der Waals surface area contributed by atoms with Crippen LogP contribution < -0.4 is 10.1 Å². The van der Waals surface area contributed by atoms with Gasteiger partial charge in [0.2, 0.25) is 5.91 Å². The summed E-state index contributed by atoms with van der Waals surface area (Å²) in [4.78, 5) is 27.3. The number of hydrogen-bond donors (Lipinski definition) is 1. The van der Waals surface area contributed by atoms with E-state index < -0.39 is 6.04 Å². The minimum atomic E-state index is -0.578. The zero-order valence-electron chi connectivity index (χ0n) is 18.2. The maximum Gasteiger partial charge on any atom is 0.261 e. The Morgan fingerprint density at radius 3 is 2.47 bits per heavy atom. The van der Waals surface area contributed by atoms with E-state index in [1.807, 2.05) is 69.3 Å². The molecule has 0 saturated carbocycles. The standard InChI is InChI=1S/C24H31BrN2O3/c1-5-18(3)26-24(29)19(4)27(14-13-20-9-7-6-8-10-20)23(28)16-30-21-11-12-22(25)17(2)15-21/h6-12,15,18-19H,5,13-14,16H2,1-4H3,(H,26,29)/t18-,19-/m1/s1. The molecule has 0 bridgehead atoms. The maximum atomic E-state index is 13.0. The largest absolute Gasteiger partial charge is 0.484 e. The Balaban J connectivity index is 2.08. The monoisotopic (exact) mass is 474 g/mol. The number of aryl methyl sites for hydroxylation is 1. The summed E-state index contributed by atoms with van der Waals surface area (Å²) >= 11 is 3.46. The summed E-state index contributed by atoms with van der Waals surface area (Å²) in [5.41, 5.74) is 2.15. The topological polar surface area (TPSA) is 58.6 Å². The first-order valence-electron chi connectivity index (χ1n) is 10.3. The van der Waals surface area contributed by atoms with E-state index in [1.54, 1.807) is 11.8 Å². The quantitative estimate of drug-likeness (QED) is 0.550. The highest BCUT2D eigenvalue weighted by molar-refractivity contribution is 9.10. The second-order valence-electron chi connectivity index (χ2n) is 7.52. The number of hydrogen-bond acceptors (Lipinski definition) is 3. The number of amides is 2. The summed E-state index contributed by atoms with van der Waals surface area (Å²) < 4.78 is 6.71. The second-order valence-corrected chi connectivity index (χ2v) is 8.37. The fourth-order valence-corrected chi connectivity index (χ4v) is 3.22. The van der Waals surface area contributed by atoms with Crippen LogP contribution in [0.3, 0.4) is 0 Å². The number of halogens is 1. The number of benzene rings is 2. The van der Waals surface area contributed by atoms with Gasteiger partial charge in [-0.25, -0.2) is 0 Å². The van der Waals surface area contributed by atoms with Gasteiger partial charge in [-0.1, -0.05) is 53.2 Å². The van der Waals surface area contributed by atoms with Gasteiger partial charge in [0.1, 0.15) is 11.8 Å². The van der Waals surface area contributed by atoms with Crippen molar-refractivity contribution in [1.82, 2.24) is 10.2 Å². The van der Waals surface area contributed by atoms with Gasteiger partial charge in [-0.2, -0.15) is 0 Å². The fraction of sp³-hybridized carbons (Fsp3) is 0.417. The summed E-state index contributed by atoms with van der Waals surface area (Å²) in [5, 5.41) is 2.97. The number of nitrogens with one attached hydrogen (secondary N) is 1. The van der Waals surface area contributed by atoms with Gasteiger partial charge in [-0.15, -0.1) is 0 Å². The molecule has 2 rings (SSSR count). The first-order valence-corrected chi connectivity index (χ1v) is 11.1. The van der Waals surface area contributed by atoms with E-state index in [1.165, 1.54) is 0 Å². The summed E-state index contributed by atoms with van der Waals surface area (Å²) in [6.07, 6.45) is 1.51. The lowest BCUT2D eigenvalue weighted by molar-refractivity contribution is -0.141. The Kier molecular flexibility index (Phi) is 9.37. The second kappa shape index (κ2) is 11.7. The van der Waals surface area contributed by atoms with Gasteiger partial charge >= 0.3 is 0 Å². The molecule has 2 aromatic carbocycles. The lowest BCUT2D eigenvalue weighted by atomic mass is 10.1. The summed E-state index contributed by atoms with van der Waals surface area (Å²) in [7, 11) is 0. The average molecular weight is 475 g/mol. The van der Waals surface area contributed by atoms with Crippen molar-refractivity contribution in [3.05, 3.63) is 64.1 Å². The Morgan fingerprint density at radius 2 is 1.83 bits per heavy atom. The van der Waals surface area contributed by atoms with Gasteiger partial charge in [0, 0.05) is 17.1 Å². The van der Waals surface area contributed by atoms with Crippen molar-refractivity contribution in [1.29, 1.82) is 0 Å². The van der Waals surface area contributed by atoms with E-state index >= 15 is 0 Å². The molecule has 0 unspecified atom stereocenters. The predicted octanol–water partition coefficient (Wildman–Crippen LogP) is 4.51. The Morgan fingerprint density at radius 1 is 1.13 bits per heavy atom. The average Bonchev–Trinajstić information content (AvgIpc) is 2.75. The molecule has 5 nitrogen and oxygen atoms in total. The minimum Gasteiger partial charge on any atom is -0.484 e. The fourth-order valence-electron chi connectivity index (χ4n) is 2.97. The van der Waals surface area contributed by atoms with Gasteiger partial charge in [-0.3, -0.25) is 9.59 Å². The SMILES string of the molecule is CC[C@@H](C)NC(=O)[C@@H](C)N(CCc1ccccc1)C(=O)COc1ccc(Br)c(C)c1. The smallest absolute Gasteiger partial charge is 0.261 e. The van der Waals surface area contributed by atoms with Crippen LogP contribution in [0.2, 0.25) is 0 Å². The molecular formula is C24H31BrN2O3. The molecule has 30 heavy (non-hydrogen) atoms. The molecule has 162 valence electrons. The molecule has 0 fully saturated rings. The van der Waals surface area contributed by atoms with Crippen LogP contribution in [-0.4, -0.2) is 41.9 Å². The highest BCUT2D eigenvalue weighted by Crippen LogP contribution is 2.21. The van der Waals surface area contributed by atoms with E-state index in [0.717, 1.165) is 22.0 Å². The lowest BCUT2D eigenvalue weighted by Crippen LogP contribution is -2.51. The van der Waals surface area contributed by atoms with Crippen LogP contribution in [0.1, 0.15) is 38.3 Å². The maximum absolute atomic E-state index is 13.0. The van der Waals surface area contributed by atoms with Gasteiger partial charge in [0.15, 0.2) is 6.61 Å². The lowest BCUT2D eigenvalue weighted by Gasteiger charge is -2.29. The number of ether oxygens (including phenoxy) is 1. The van der Waals surface area contributed by atoms with Gasteiger partial charge in [0.05, 0.1) is 0 Å². The van der Waals surface area contributed by atoms with Crippen molar-refractivity contribution >= 4 is 27.7 Å². The van der Waals surface area contributed by atoms with E-state index in [2.05, 4.69) is 21.2 Å². The third kappa shape index (κ3) is 7.17. The van der Waals surface area contributed by atoms with Crippen LogP contribution in [0.25, 0.3) is 0 Å². The normalized spacial score (nSPS) is 12.7. The van der Waals surface area contributed by atoms with Gasteiger partial charge in [-0.05, 0) is 62.9 Å². The molecule has 1 N–H and O–H groups in total. The molecular weight excluding hydrogens is 444 g/mol. The van der Waals surface area contributed by atoms with Gasteiger partial charge in [0.25, 0.3) is 5.91 Å². The number of carbonyl (C=O) groups excluding carboxylic acids is 2. The van der Waals surface area contributed by atoms with Crippen molar-refractivity contribution in [2.45, 2.75) is 52.6 Å². The zero-order chi connectivity index (χ0) is 22.1. The molecule has 0 spiro atoms. The Bertz CT molecular complexity index is 842. The highest BCUT2D eigenvalue weighted by Gasteiger charge is 2.26.